The fourth-order valence-corrected chi connectivity index (χ4v) is 12.9. The van der Waals surface area contributed by atoms with Crippen LogP contribution in [0.3, 0.4) is 0 Å². The average Bonchev–Trinajstić information content (AvgIpc) is 3.62. The second-order valence-electron chi connectivity index (χ2n) is 18.9. The Morgan fingerprint density at radius 2 is 1.29 bits per heavy atom. The summed E-state index contributed by atoms with van der Waals surface area (Å²) in [6.07, 6.45) is -1.26. The molecule has 4 saturated carbocycles. The zero-order valence-corrected chi connectivity index (χ0v) is 32.9. The van der Waals surface area contributed by atoms with E-state index in [1.165, 1.54) is 6.08 Å². The maximum Gasteiger partial charge on any atom is 0.331 e. The fourth-order valence-electron chi connectivity index (χ4n) is 12.9. The first kappa shape index (κ1) is 40.5. The van der Waals surface area contributed by atoms with Crippen molar-refractivity contribution >= 4 is 5.97 Å². The molecule has 8 aliphatic rings. The van der Waals surface area contributed by atoms with Crippen LogP contribution >= 0.6 is 0 Å². The van der Waals surface area contributed by atoms with Gasteiger partial charge in [-0.2, -0.15) is 0 Å². The first-order valence-corrected chi connectivity index (χ1v) is 20.9. The molecule has 8 rings (SSSR count). The number of esters is 1. The second kappa shape index (κ2) is 15.1. The Labute approximate surface area is 323 Å². The Kier molecular flexibility index (Phi) is 11.1. The van der Waals surface area contributed by atoms with E-state index >= 15 is 0 Å². The first-order chi connectivity index (χ1) is 26.0. The van der Waals surface area contributed by atoms with Gasteiger partial charge in [0, 0.05) is 43.1 Å². The molecule has 4 heterocycles. The Morgan fingerprint density at radius 1 is 0.691 bits per heavy atom. The lowest BCUT2D eigenvalue weighted by Gasteiger charge is -2.63. The van der Waals surface area contributed by atoms with E-state index in [4.69, 9.17) is 33.2 Å². The number of rotatable bonds is 7. The van der Waals surface area contributed by atoms with Gasteiger partial charge in [0.25, 0.3) is 0 Å². The predicted molar refractivity (Wildman–Crippen MR) is 193 cm³/mol. The molecule has 4 aliphatic carbocycles. The van der Waals surface area contributed by atoms with Crippen LogP contribution in [0.5, 0.6) is 0 Å². The Bertz CT molecular complexity index is 1410. The number of cyclic esters (lactones) is 1. The van der Waals surface area contributed by atoms with E-state index in [0.29, 0.717) is 18.3 Å². The third-order valence-electron chi connectivity index (χ3n) is 15.8. The lowest BCUT2D eigenvalue weighted by atomic mass is 9.43. The molecule has 7 fully saturated rings. The summed E-state index contributed by atoms with van der Waals surface area (Å²) in [6.45, 7) is 9.98. The van der Waals surface area contributed by atoms with Crippen molar-refractivity contribution < 1.29 is 68.6 Å². The quantitative estimate of drug-likeness (QED) is 0.162. The second-order valence-corrected chi connectivity index (χ2v) is 18.9. The average molecular weight is 781 g/mol. The molecule has 0 aromatic rings. The van der Waals surface area contributed by atoms with E-state index in [-0.39, 0.29) is 55.2 Å². The van der Waals surface area contributed by atoms with Gasteiger partial charge in [-0.3, -0.25) is 0 Å². The summed E-state index contributed by atoms with van der Waals surface area (Å²) < 4.78 is 42.1. The van der Waals surface area contributed by atoms with Crippen LogP contribution in [-0.4, -0.2) is 135 Å². The highest BCUT2D eigenvalue weighted by molar-refractivity contribution is 5.85. The van der Waals surface area contributed by atoms with Gasteiger partial charge >= 0.3 is 5.97 Å². The molecular weight excluding hydrogens is 716 g/mol. The molecule has 0 spiro atoms. The van der Waals surface area contributed by atoms with Crippen LogP contribution in [0.2, 0.25) is 0 Å². The van der Waals surface area contributed by atoms with Crippen molar-refractivity contribution in [2.75, 3.05) is 6.61 Å². The molecule has 55 heavy (non-hydrogen) atoms. The van der Waals surface area contributed by atoms with Crippen LogP contribution in [-0.2, 0) is 38.0 Å². The maximum atomic E-state index is 12.6. The minimum atomic E-state index is -1.01. The van der Waals surface area contributed by atoms with Crippen molar-refractivity contribution in [3.63, 3.8) is 0 Å². The predicted octanol–water partition coefficient (Wildman–Crippen LogP) is 2.22. The Balaban J connectivity index is 0.834. The van der Waals surface area contributed by atoms with Crippen molar-refractivity contribution in [1.82, 2.24) is 0 Å². The van der Waals surface area contributed by atoms with Crippen LogP contribution in [0.25, 0.3) is 0 Å². The molecule has 0 aromatic heterocycles. The topological polar surface area (TPSA) is 203 Å². The number of hydrogen-bond donors (Lipinski definition) is 6. The van der Waals surface area contributed by atoms with E-state index in [1.807, 2.05) is 6.92 Å². The smallest absolute Gasteiger partial charge is 0.331 e. The monoisotopic (exact) mass is 780 g/mol. The number of aliphatic hydroxyl groups is 6. The van der Waals surface area contributed by atoms with Crippen LogP contribution < -0.4 is 0 Å². The highest BCUT2D eigenvalue weighted by Crippen LogP contribution is 2.70. The lowest BCUT2D eigenvalue weighted by molar-refractivity contribution is -0.336. The molecule has 0 amide bonds. The highest BCUT2D eigenvalue weighted by Gasteiger charge is 2.70. The molecule has 3 saturated heterocycles. The maximum absolute atomic E-state index is 12.6. The van der Waals surface area contributed by atoms with E-state index in [9.17, 15) is 35.4 Å². The molecule has 0 radical (unpaired) electrons. The van der Waals surface area contributed by atoms with Crippen molar-refractivity contribution in [3.8, 4) is 0 Å². The van der Waals surface area contributed by atoms with Crippen molar-refractivity contribution in [2.45, 2.75) is 197 Å². The van der Waals surface area contributed by atoms with Crippen LogP contribution in [0.1, 0.15) is 105 Å². The number of carbonyl (C=O) groups excluding carboxylic acids is 1. The molecule has 0 unspecified atom stereocenters. The number of fused-ring (bicyclic) bond motifs is 5. The fraction of sp³-hybridized carbons (Fsp3) is 0.927. The molecule has 21 atom stereocenters. The Morgan fingerprint density at radius 3 is 1.87 bits per heavy atom. The molecule has 6 N–H and O–H groups in total. The number of ether oxygens (including phenoxy) is 7. The first-order valence-electron chi connectivity index (χ1n) is 20.9. The van der Waals surface area contributed by atoms with Gasteiger partial charge in [-0.1, -0.05) is 13.8 Å². The van der Waals surface area contributed by atoms with Crippen LogP contribution in [0, 0.1) is 34.5 Å². The summed E-state index contributed by atoms with van der Waals surface area (Å²) >= 11 is 0. The van der Waals surface area contributed by atoms with Crippen molar-refractivity contribution in [2.24, 2.45) is 34.5 Å². The van der Waals surface area contributed by atoms with Crippen molar-refractivity contribution in [3.05, 3.63) is 11.6 Å². The summed E-state index contributed by atoms with van der Waals surface area (Å²) in [5, 5.41) is 66.3. The number of aliphatic hydroxyl groups excluding tert-OH is 5. The van der Waals surface area contributed by atoms with Gasteiger partial charge < -0.3 is 63.8 Å². The third-order valence-corrected chi connectivity index (χ3v) is 15.8. The third kappa shape index (κ3) is 7.05. The van der Waals surface area contributed by atoms with Gasteiger partial charge in [0.05, 0.1) is 54.4 Å². The summed E-state index contributed by atoms with van der Waals surface area (Å²) in [7, 11) is 0. The van der Waals surface area contributed by atoms with Gasteiger partial charge in [-0.15, -0.1) is 0 Å². The molecular formula is C41H64O14. The molecule has 312 valence electrons. The molecule has 4 aliphatic heterocycles. The standard InChI is InChI=1S/C41H64O14/c1-19-36(47)27(42)14-33(50-19)54-38-21(3)52-34(16-29(38)44)55-37-20(2)51-32(15-28(37)43)53-24-8-10-39(4)23(13-24)6-7-26-25(39)9-11-40(5)35(22-12-31(46)49-18-22)30(45)17-41(26,40)48/h12,19-21,23-30,32-38,42-45,47-48H,6-11,13-18H2,1-5H3/t19-,20-,21-,23-,24-,25+,26+,27+,28-,29-,30-,32+,33+,34-,35+,36+,37+,38+,39+,40-,41+/m1/s1. The number of carbonyl (C=O) groups is 1. The van der Waals surface area contributed by atoms with E-state index in [2.05, 4.69) is 13.8 Å². The highest BCUT2D eigenvalue weighted by atomic mass is 16.7. The van der Waals surface area contributed by atoms with Crippen LogP contribution in [0.4, 0.5) is 0 Å². The normalized spacial score (nSPS) is 55.5. The van der Waals surface area contributed by atoms with Crippen molar-refractivity contribution in [1.29, 1.82) is 0 Å². The van der Waals surface area contributed by atoms with Gasteiger partial charge in [0.2, 0.25) is 0 Å². The van der Waals surface area contributed by atoms with E-state index in [0.717, 1.165) is 50.5 Å². The van der Waals surface area contributed by atoms with Gasteiger partial charge in [0.15, 0.2) is 18.9 Å². The lowest BCUT2D eigenvalue weighted by Crippen LogP contribution is -2.62. The minimum Gasteiger partial charge on any atom is -0.458 e. The van der Waals surface area contributed by atoms with E-state index in [1.54, 1.807) is 13.8 Å². The van der Waals surface area contributed by atoms with Gasteiger partial charge in [-0.25, -0.2) is 4.79 Å². The van der Waals surface area contributed by atoms with Gasteiger partial charge in [-0.05, 0) is 94.5 Å². The van der Waals surface area contributed by atoms with E-state index < -0.39 is 90.9 Å². The number of hydrogen-bond acceptors (Lipinski definition) is 14. The van der Waals surface area contributed by atoms with Crippen LogP contribution in [0.15, 0.2) is 11.6 Å². The largest absolute Gasteiger partial charge is 0.458 e. The minimum absolute atomic E-state index is 0.0203. The summed E-state index contributed by atoms with van der Waals surface area (Å²) in [4.78, 5) is 12.0. The zero-order chi connectivity index (χ0) is 39.2. The molecule has 0 bridgehead atoms. The van der Waals surface area contributed by atoms with Gasteiger partial charge in [0.1, 0.15) is 24.9 Å². The molecule has 0 aromatic carbocycles. The zero-order valence-electron chi connectivity index (χ0n) is 32.9. The molecule has 14 heteroatoms. The Hall–Kier alpha value is -1.27. The summed E-state index contributed by atoms with van der Waals surface area (Å²) in [6, 6.07) is 0. The summed E-state index contributed by atoms with van der Waals surface area (Å²) in [5.41, 5.74) is -0.686. The summed E-state index contributed by atoms with van der Waals surface area (Å²) in [5.74, 6) is 0.174. The SMILES string of the molecule is C[C@H]1O[C@@H](O[C@@H]2[C@H](O)C[C@@H](O[C@@H]3[C@H](O)C[C@H](O[C@@H]4CC[C@@]5(C)[C@H](CC[C@H]6[C@@H]5CC[C@]5(C)[C@@H](C7=CC(=O)OC7)[C@H](O)C[C@]65O)C4)O[C@@H]3C)O[C@@H]2C)C[C@H](O)[C@H]1O. The molecule has 14 nitrogen and oxygen atoms in total.